The highest BCUT2D eigenvalue weighted by molar-refractivity contribution is 5.82. The molecule has 7 heteroatoms. The number of amides is 1. The van der Waals surface area contributed by atoms with Gasteiger partial charge in [0.05, 0.1) is 12.5 Å². The minimum Gasteiger partial charge on any atom is -0.383 e. The quantitative estimate of drug-likeness (QED) is 0.530. The minimum atomic E-state index is -0.203. The number of H-pyrrole nitrogens is 1. The molecule has 0 aliphatic heterocycles. The van der Waals surface area contributed by atoms with Crippen molar-refractivity contribution in [2.45, 2.75) is 78.4 Å². The molecule has 0 bridgehead atoms. The van der Waals surface area contributed by atoms with Crippen LogP contribution >= 0.6 is 0 Å². The van der Waals surface area contributed by atoms with Crippen LogP contribution in [0.5, 0.6) is 0 Å². The van der Waals surface area contributed by atoms with Crippen LogP contribution in [0.1, 0.15) is 62.8 Å². The van der Waals surface area contributed by atoms with Crippen LogP contribution in [0.4, 0.5) is 0 Å². The first-order chi connectivity index (χ1) is 16.8. The van der Waals surface area contributed by atoms with Crippen molar-refractivity contribution in [3.8, 4) is 0 Å². The Kier molecular flexibility index (Phi) is 9.75. The molecule has 1 heterocycles. The number of pyridine rings is 1. The number of hydrogen-bond acceptors (Lipinski definition) is 5. The third kappa shape index (κ3) is 6.64. The zero-order chi connectivity index (χ0) is 25.5. The van der Waals surface area contributed by atoms with E-state index in [1.165, 1.54) is 18.5 Å². The van der Waals surface area contributed by atoms with Crippen molar-refractivity contribution in [3.05, 3.63) is 56.7 Å². The van der Waals surface area contributed by atoms with Crippen LogP contribution in [-0.4, -0.2) is 66.6 Å². The number of methoxy groups -OCH3 is 1. The number of aromatic nitrogens is 1. The average molecular weight is 485 g/mol. The van der Waals surface area contributed by atoms with E-state index in [2.05, 4.69) is 53.1 Å². The van der Waals surface area contributed by atoms with E-state index in [-0.39, 0.29) is 23.9 Å². The lowest BCUT2D eigenvalue weighted by molar-refractivity contribution is -0.124. The Morgan fingerprint density at radius 2 is 1.86 bits per heavy atom. The van der Waals surface area contributed by atoms with Crippen LogP contribution in [-0.2, 0) is 16.1 Å². The fourth-order valence-corrected chi connectivity index (χ4v) is 5.68. The number of aryl methyl sites for hydroxylation is 2. The number of rotatable bonds is 10. The molecule has 2 aliphatic carbocycles. The molecule has 0 aromatic carbocycles. The summed E-state index contributed by atoms with van der Waals surface area (Å²) in [6, 6.07) is 3.06. The van der Waals surface area contributed by atoms with Crippen LogP contribution in [0.2, 0.25) is 0 Å². The summed E-state index contributed by atoms with van der Waals surface area (Å²) in [5, 5.41) is 3.03. The summed E-state index contributed by atoms with van der Waals surface area (Å²) >= 11 is 0. The number of hydrogen-bond donors (Lipinski definition) is 2. The Hall–Kier alpha value is -2.38. The second kappa shape index (κ2) is 12.5. The van der Waals surface area contributed by atoms with Crippen LogP contribution in [0, 0.1) is 19.8 Å². The lowest BCUT2D eigenvalue weighted by Gasteiger charge is -2.42. The van der Waals surface area contributed by atoms with Crippen LogP contribution in [0.25, 0.3) is 0 Å². The maximum Gasteiger partial charge on any atom is 0.253 e. The first-order valence-electron chi connectivity index (χ1n) is 13.1. The lowest BCUT2D eigenvalue weighted by atomic mass is 9.86. The molecular formula is C28H44N4O3. The van der Waals surface area contributed by atoms with Crippen molar-refractivity contribution in [2.75, 3.05) is 33.9 Å². The van der Waals surface area contributed by atoms with Crippen LogP contribution in [0.15, 0.2) is 34.3 Å². The molecule has 0 radical (unpaired) electrons. The first kappa shape index (κ1) is 27.2. The first-order valence-corrected chi connectivity index (χ1v) is 13.1. The minimum absolute atomic E-state index is 0.0109. The Bertz CT molecular complexity index is 988. The molecule has 1 saturated carbocycles. The van der Waals surface area contributed by atoms with Crippen molar-refractivity contribution in [3.63, 3.8) is 0 Å². The van der Waals surface area contributed by atoms with Gasteiger partial charge in [0, 0.05) is 55.8 Å². The van der Waals surface area contributed by atoms with Gasteiger partial charge in [0.15, 0.2) is 0 Å². The standard InChI is InChI=1S/C28H44N4O3/c1-7-32(23-13-11-22(12-14-23)31(5)15-16-35-6)26-10-8-9-24(21(26)4)27(33)29-18-25-19(2)17-20(3)30-28(25)34/h8,10,17,22-24H,7,9,11-16,18H2,1-6H3,(H,29,33)(H,30,34). The fourth-order valence-electron chi connectivity index (χ4n) is 5.68. The highest BCUT2D eigenvalue weighted by Gasteiger charge is 2.31. The van der Waals surface area contributed by atoms with Gasteiger partial charge in [0.1, 0.15) is 0 Å². The molecule has 1 unspecified atom stereocenters. The summed E-state index contributed by atoms with van der Waals surface area (Å²) in [5.74, 6) is -0.214. The molecule has 1 aromatic rings. The maximum atomic E-state index is 13.2. The largest absolute Gasteiger partial charge is 0.383 e. The van der Waals surface area contributed by atoms with Gasteiger partial charge in [-0.15, -0.1) is 0 Å². The van der Waals surface area contributed by atoms with Crippen molar-refractivity contribution >= 4 is 5.91 Å². The number of allylic oxidation sites excluding steroid dienone is 2. The number of nitrogens with one attached hydrogen (secondary N) is 2. The number of likely N-dealkylation sites (N-methyl/N-ethyl adjacent to an activating group) is 2. The lowest BCUT2D eigenvalue weighted by Crippen LogP contribution is -2.44. The number of ether oxygens (including phenoxy) is 1. The SMILES string of the molecule is CCN(C1=C(C)C(C(=O)NCc2c(C)cc(C)[nH]c2=O)CC=C1)C1CCC(N(C)CCOC)CC1. The third-order valence-electron chi connectivity index (χ3n) is 7.85. The van der Waals surface area contributed by atoms with Gasteiger partial charge in [-0.3, -0.25) is 9.59 Å². The van der Waals surface area contributed by atoms with Crippen molar-refractivity contribution < 1.29 is 9.53 Å². The monoisotopic (exact) mass is 484 g/mol. The summed E-state index contributed by atoms with van der Waals surface area (Å²) in [6.45, 7) is 11.0. The van der Waals surface area contributed by atoms with Gasteiger partial charge in [0.25, 0.3) is 5.56 Å². The highest BCUT2D eigenvalue weighted by Crippen LogP contribution is 2.33. The van der Waals surface area contributed by atoms with Gasteiger partial charge in [-0.05, 0) is 90.1 Å². The van der Waals surface area contributed by atoms with Gasteiger partial charge in [-0.2, -0.15) is 0 Å². The predicted octanol–water partition coefficient (Wildman–Crippen LogP) is 3.67. The second-order valence-electron chi connectivity index (χ2n) is 10.1. The Labute approximate surface area is 210 Å². The molecule has 194 valence electrons. The number of carbonyl (C=O) groups excluding carboxylic acids is 1. The van der Waals surface area contributed by atoms with Crippen molar-refractivity contribution in [1.29, 1.82) is 0 Å². The zero-order valence-electron chi connectivity index (χ0n) is 22.4. The van der Waals surface area contributed by atoms with E-state index < -0.39 is 0 Å². The van der Waals surface area contributed by atoms with Gasteiger partial charge in [0.2, 0.25) is 5.91 Å². The molecule has 1 amide bonds. The van der Waals surface area contributed by atoms with E-state index in [9.17, 15) is 9.59 Å². The molecule has 0 saturated heterocycles. The Balaban J connectivity index is 1.65. The number of nitrogens with zero attached hydrogens (tertiary/aromatic N) is 2. The highest BCUT2D eigenvalue weighted by atomic mass is 16.5. The Morgan fingerprint density at radius 3 is 2.49 bits per heavy atom. The third-order valence-corrected chi connectivity index (χ3v) is 7.85. The van der Waals surface area contributed by atoms with Crippen molar-refractivity contribution in [2.24, 2.45) is 5.92 Å². The summed E-state index contributed by atoms with van der Waals surface area (Å²) in [4.78, 5) is 33.3. The fraction of sp³-hybridized carbons (Fsp3) is 0.643. The molecule has 2 N–H and O–H groups in total. The number of aromatic amines is 1. The van der Waals surface area contributed by atoms with Gasteiger partial charge >= 0.3 is 0 Å². The van der Waals surface area contributed by atoms with Gasteiger partial charge in [-0.1, -0.05) is 6.08 Å². The van der Waals surface area contributed by atoms with E-state index >= 15 is 0 Å². The van der Waals surface area contributed by atoms with E-state index in [0.717, 1.165) is 49.4 Å². The molecule has 0 spiro atoms. The Morgan fingerprint density at radius 1 is 1.17 bits per heavy atom. The summed E-state index contributed by atoms with van der Waals surface area (Å²) in [5.41, 5.74) is 4.56. The topological polar surface area (TPSA) is 77.7 Å². The summed E-state index contributed by atoms with van der Waals surface area (Å²) in [7, 11) is 3.96. The summed E-state index contributed by atoms with van der Waals surface area (Å²) in [6.07, 6.45) is 9.72. The second-order valence-corrected chi connectivity index (χ2v) is 10.1. The van der Waals surface area contributed by atoms with Crippen LogP contribution < -0.4 is 10.9 Å². The van der Waals surface area contributed by atoms with E-state index in [1.807, 2.05) is 19.9 Å². The molecule has 7 nitrogen and oxygen atoms in total. The molecule has 35 heavy (non-hydrogen) atoms. The number of carbonyl (C=O) groups is 1. The van der Waals surface area contributed by atoms with Gasteiger partial charge < -0.3 is 24.8 Å². The zero-order valence-corrected chi connectivity index (χ0v) is 22.4. The van der Waals surface area contributed by atoms with E-state index in [1.54, 1.807) is 7.11 Å². The molecule has 3 rings (SSSR count). The van der Waals surface area contributed by atoms with Gasteiger partial charge in [-0.25, -0.2) is 0 Å². The maximum absolute atomic E-state index is 13.2. The molecule has 1 aromatic heterocycles. The smallest absolute Gasteiger partial charge is 0.253 e. The van der Waals surface area contributed by atoms with Crippen molar-refractivity contribution in [1.82, 2.24) is 20.1 Å². The van der Waals surface area contributed by atoms with Crippen LogP contribution in [0.3, 0.4) is 0 Å². The average Bonchev–Trinajstić information content (AvgIpc) is 2.83. The summed E-state index contributed by atoms with van der Waals surface area (Å²) < 4.78 is 5.25. The van der Waals surface area contributed by atoms with E-state index in [4.69, 9.17) is 4.74 Å². The van der Waals surface area contributed by atoms with E-state index in [0.29, 0.717) is 24.1 Å². The molecule has 2 aliphatic rings. The molecule has 1 atom stereocenters. The molecular weight excluding hydrogens is 440 g/mol. The normalized spacial score (nSPS) is 22.5. The molecule has 1 fully saturated rings. The predicted molar refractivity (Wildman–Crippen MR) is 141 cm³/mol.